The molecular weight excluding hydrogens is 116 g/mol. The highest BCUT2D eigenvalue weighted by Crippen LogP contribution is 2.08. The quantitative estimate of drug-likeness (QED) is 0.408. The Hall–Kier alpha value is -0.0800. The van der Waals surface area contributed by atoms with Gasteiger partial charge in [0.1, 0.15) is 6.10 Å². The fourth-order valence-corrected chi connectivity index (χ4v) is 0.583. The van der Waals surface area contributed by atoms with Crippen LogP contribution in [0.2, 0.25) is 0 Å². The van der Waals surface area contributed by atoms with Crippen LogP contribution in [0.4, 0.5) is 0 Å². The zero-order valence-electron chi connectivity index (χ0n) is 5.64. The van der Waals surface area contributed by atoms with Gasteiger partial charge in [0.15, 0.2) is 0 Å². The fourth-order valence-electron chi connectivity index (χ4n) is 0.583. The first kappa shape index (κ1) is 7.03. The summed E-state index contributed by atoms with van der Waals surface area (Å²) in [5.41, 5.74) is 0. The lowest BCUT2D eigenvalue weighted by atomic mass is 10.4. The van der Waals surface area contributed by atoms with E-state index in [1.807, 2.05) is 0 Å². The molecule has 2 nitrogen and oxygen atoms in total. The predicted octanol–water partition coefficient (Wildman–Crippen LogP) is 1.02. The Bertz CT molecular complexity index is 69.3. The lowest BCUT2D eigenvalue weighted by molar-refractivity contribution is 0.115. The summed E-state index contributed by atoms with van der Waals surface area (Å²) in [6, 6.07) is 0. The van der Waals surface area contributed by atoms with Crippen LogP contribution in [0, 0.1) is 6.92 Å². The predicted molar refractivity (Wildman–Crippen MR) is 35.1 cm³/mol. The summed E-state index contributed by atoms with van der Waals surface area (Å²) in [5, 5.41) is 0. The van der Waals surface area contributed by atoms with E-state index >= 15 is 0 Å². The molecule has 0 saturated carbocycles. The van der Waals surface area contributed by atoms with E-state index in [9.17, 15) is 0 Å². The zero-order valence-corrected chi connectivity index (χ0v) is 5.64. The summed E-state index contributed by atoms with van der Waals surface area (Å²) in [7, 11) is 0. The fraction of sp³-hybridized carbons (Fsp3) is 0.857. The summed E-state index contributed by atoms with van der Waals surface area (Å²) >= 11 is 0. The molecule has 1 radical (unpaired) electrons. The van der Waals surface area contributed by atoms with Crippen molar-refractivity contribution in [2.24, 2.45) is 0 Å². The summed E-state index contributed by atoms with van der Waals surface area (Å²) in [6.45, 7) is 6.21. The first-order chi connectivity index (χ1) is 4.43. The smallest absolute Gasteiger partial charge is 0.104 e. The van der Waals surface area contributed by atoms with Crippen molar-refractivity contribution in [1.82, 2.24) is 0 Å². The summed E-state index contributed by atoms with van der Waals surface area (Å²) in [5.74, 6) is 0. The maximum atomic E-state index is 5.23. The molecule has 0 aromatic heterocycles. The molecular formula is C7H13O2. The SMILES string of the molecule is [CH2]CCCOCC1CO1. The lowest BCUT2D eigenvalue weighted by Crippen LogP contribution is -2.01. The third kappa shape index (κ3) is 3.49. The van der Waals surface area contributed by atoms with E-state index < -0.39 is 0 Å². The van der Waals surface area contributed by atoms with E-state index in [0.29, 0.717) is 6.10 Å². The molecule has 9 heavy (non-hydrogen) atoms. The van der Waals surface area contributed by atoms with Gasteiger partial charge in [0.25, 0.3) is 0 Å². The van der Waals surface area contributed by atoms with Gasteiger partial charge in [-0.25, -0.2) is 0 Å². The number of ether oxygens (including phenoxy) is 2. The van der Waals surface area contributed by atoms with E-state index in [0.717, 1.165) is 32.7 Å². The highest BCUT2D eigenvalue weighted by molar-refractivity contribution is 4.66. The summed E-state index contributed by atoms with van der Waals surface area (Å²) < 4.78 is 10.2. The van der Waals surface area contributed by atoms with Crippen molar-refractivity contribution in [2.45, 2.75) is 18.9 Å². The Labute approximate surface area is 56.2 Å². The molecule has 0 aromatic rings. The van der Waals surface area contributed by atoms with Gasteiger partial charge < -0.3 is 9.47 Å². The van der Waals surface area contributed by atoms with Crippen LogP contribution in [0.5, 0.6) is 0 Å². The maximum Gasteiger partial charge on any atom is 0.104 e. The zero-order chi connectivity index (χ0) is 6.53. The molecule has 0 aliphatic carbocycles. The molecule has 1 unspecified atom stereocenters. The van der Waals surface area contributed by atoms with Crippen molar-refractivity contribution < 1.29 is 9.47 Å². The Kier molecular flexibility index (Phi) is 3.01. The Morgan fingerprint density at radius 3 is 3.00 bits per heavy atom. The van der Waals surface area contributed by atoms with Crippen LogP contribution >= 0.6 is 0 Å². The number of hydrogen-bond donors (Lipinski definition) is 0. The first-order valence-corrected chi connectivity index (χ1v) is 3.42. The molecule has 0 aromatic carbocycles. The largest absolute Gasteiger partial charge is 0.379 e. The molecule has 1 aliphatic rings. The van der Waals surface area contributed by atoms with E-state index in [1.54, 1.807) is 0 Å². The molecule has 0 N–H and O–H groups in total. The summed E-state index contributed by atoms with van der Waals surface area (Å²) in [6.07, 6.45) is 2.44. The molecule has 1 fully saturated rings. The first-order valence-electron chi connectivity index (χ1n) is 3.42. The minimum Gasteiger partial charge on any atom is -0.379 e. The van der Waals surface area contributed by atoms with Gasteiger partial charge in [-0.2, -0.15) is 0 Å². The van der Waals surface area contributed by atoms with Crippen LogP contribution in [-0.2, 0) is 9.47 Å². The van der Waals surface area contributed by atoms with Gasteiger partial charge in [0.2, 0.25) is 0 Å². The molecule has 1 saturated heterocycles. The van der Waals surface area contributed by atoms with Crippen molar-refractivity contribution in [2.75, 3.05) is 19.8 Å². The Balaban J connectivity index is 1.71. The second-order valence-electron chi connectivity index (χ2n) is 2.24. The van der Waals surface area contributed by atoms with Crippen LogP contribution in [-0.4, -0.2) is 25.9 Å². The molecule has 1 rings (SSSR count). The number of hydrogen-bond acceptors (Lipinski definition) is 2. The normalized spacial score (nSPS) is 24.3. The molecule has 0 spiro atoms. The Morgan fingerprint density at radius 1 is 1.67 bits per heavy atom. The van der Waals surface area contributed by atoms with E-state index in [-0.39, 0.29) is 0 Å². The topological polar surface area (TPSA) is 21.8 Å². The second kappa shape index (κ2) is 3.85. The second-order valence-corrected chi connectivity index (χ2v) is 2.24. The molecule has 1 atom stereocenters. The van der Waals surface area contributed by atoms with E-state index in [1.165, 1.54) is 0 Å². The minimum absolute atomic E-state index is 0.412. The van der Waals surface area contributed by atoms with Gasteiger partial charge in [-0.05, 0) is 6.42 Å². The minimum atomic E-state index is 0.412. The van der Waals surface area contributed by atoms with Gasteiger partial charge >= 0.3 is 0 Å². The summed E-state index contributed by atoms with van der Waals surface area (Å²) in [4.78, 5) is 0. The monoisotopic (exact) mass is 129 g/mol. The van der Waals surface area contributed by atoms with Crippen LogP contribution in [0.3, 0.4) is 0 Å². The molecule has 0 amide bonds. The van der Waals surface area contributed by atoms with Crippen molar-refractivity contribution in [3.63, 3.8) is 0 Å². The van der Waals surface area contributed by atoms with Gasteiger partial charge in [-0.3, -0.25) is 0 Å². The lowest BCUT2D eigenvalue weighted by Gasteiger charge is -1.97. The van der Waals surface area contributed by atoms with E-state index in [4.69, 9.17) is 9.47 Å². The number of unbranched alkanes of at least 4 members (excludes halogenated alkanes) is 1. The van der Waals surface area contributed by atoms with Crippen molar-refractivity contribution in [3.05, 3.63) is 6.92 Å². The molecule has 1 heterocycles. The molecule has 0 bridgehead atoms. The Morgan fingerprint density at radius 2 is 2.44 bits per heavy atom. The van der Waals surface area contributed by atoms with Crippen molar-refractivity contribution in [1.29, 1.82) is 0 Å². The van der Waals surface area contributed by atoms with Gasteiger partial charge in [-0.1, -0.05) is 13.3 Å². The van der Waals surface area contributed by atoms with Crippen LogP contribution in [0.1, 0.15) is 12.8 Å². The molecule has 2 heteroatoms. The van der Waals surface area contributed by atoms with Gasteiger partial charge in [0.05, 0.1) is 13.2 Å². The maximum absolute atomic E-state index is 5.23. The van der Waals surface area contributed by atoms with Crippen molar-refractivity contribution in [3.8, 4) is 0 Å². The highest BCUT2D eigenvalue weighted by Gasteiger charge is 2.21. The van der Waals surface area contributed by atoms with Crippen LogP contribution in [0.25, 0.3) is 0 Å². The number of rotatable bonds is 5. The standard InChI is InChI=1S/C7H13O2/c1-2-3-4-8-5-7-6-9-7/h7H,1-6H2. The average Bonchev–Trinajstić information content (AvgIpc) is 2.63. The third-order valence-corrected chi connectivity index (χ3v) is 1.24. The van der Waals surface area contributed by atoms with Crippen LogP contribution in [0.15, 0.2) is 0 Å². The third-order valence-electron chi connectivity index (χ3n) is 1.24. The van der Waals surface area contributed by atoms with Gasteiger partial charge in [-0.15, -0.1) is 0 Å². The highest BCUT2D eigenvalue weighted by atomic mass is 16.6. The molecule has 53 valence electrons. The van der Waals surface area contributed by atoms with Gasteiger partial charge in [0, 0.05) is 6.61 Å². The molecule has 1 aliphatic heterocycles. The average molecular weight is 129 g/mol. The van der Waals surface area contributed by atoms with E-state index in [2.05, 4.69) is 6.92 Å². The van der Waals surface area contributed by atoms with Crippen molar-refractivity contribution >= 4 is 0 Å². The number of epoxide rings is 1. The van der Waals surface area contributed by atoms with Crippen LogP contribution < -0.4 is 0 Å².